The van der Waals surface area contributed by atoms with Gasteiger partial charge in [-0.25, -0.2) is 0 Å². The average molecular weight is 218 g/mol. The van der Waals surface area contributed by atoms with Gasteiger partial charge in [0.2, 0.25) is 0 Å². The normalized spacial score (nSPS) is 11.7. The molecule has 0 atom stereocenters. The van der Waals surface area contributed by atoms with Crippen LogP contribution in [-0.4, -0.2) is 5.11 Å². The molecule has 1 aromatic rings. The van der Waals surface area contributed by atoms with Gasteiger partial charge in [-0.3, -0.25) is 0 Å². The number of benzene rings is 1. The molecular formula is C11H13F3O. The van der Waals surface area contributed by atoms with Crippen LogP contribution in [-0.2, 0) is 12.6 Å². The maximum absolute atomic E-state index is 12.4. The molecule has 1 rings (SSSR count). The first-order chi connectivity index (χ1) is 6.96. The zero-order chi connectivity index (χ0) is 11.5. The predicted molar refractivity (Wildman–Crippen MR) is 51.7 cm³/mol. The second kappa shape index (κ2) is 4.55. The largest absolute Gasteiger partial charge is 0.507 e. The van der Waals surface area contributed by atoms with Crippen LogP contribution in [0.4, 0.5) is 13.2 Å². The number of aryl methyl sites for hydroxylation is 1. The number of para-hydroxylation sites is 1. The van der Waals surface area contributed by atoms with Gasteiger partial charge < -0.3 is 5.11 Å². The number of hydrogen-bond donors (Lipinski definition) is 1. The molecule has 1 N–H and O–H groups in total. The van der Waals surface area contributed by atoms with E-state index in [1.54, 1.807) is 0 Å². The molecule has 0 radical (unpaired) electrons. The van der Waals surface area contributed by atoms with E-state index in [1.165, 1.54) is 12.1 Å². The van der Waals surface area contributed by atoms with E-state index < -0.39 is 17.5 Å². The molecule has 0 aliphatic rings. The van der Waals surface area contributed by atoms with E-state index in [9.17, 15) is 18.3 Å². The average Bonchev–Trinajstić information content (AvgIpc) is 2.14. The highest BCUT2D eigenvalue weighted by atomic mass is 19.4. The zero-order valence-electron chi connectivity index (χ0n) is 8.43. The van der Waals surface area contributed by atoms with Crippen molar-refractivity contribution in [2.24, 2.45) is 0 Å². The Balaban J connectivity index is 3.01. The summed E-state index contributed by atoms with van der Waals surface area (Å²) in [5.74, 6) is -0.626. The summed E-state index contributed by atoms with van der Waals surface area (Å²) in [5.41, 5.74) is -0.581. The van der Waals surface area contributed by atoms with E-state index >= 15 is 0 Å². The Morgan fingerprint density at radius 3 is 2.47 bits per heavy atom. The molecule has 0 saturated carbocycles. The van der Waals surface area contributed by atoms with Crippen LogP contribution < -0.4 is 0 Å². The van der Waals surface area contributed by atoms with Crippen molar-refractivity contribution in [1.82, 2.24) is 0 Å². The van der Waals surface area contributed by atoms with Crippen molar-refractivity contribution in [3.05, 3.63) is 29.3 Å². The number of aromatic hydroxyl groups is 1. The van der Waals surface area contributed by atoms with Crippen LogP contribution >= 0.6 is 0 Å². The number of phenolic OH excluding ortho intramolecular Hbond substituents is 1. The third-order valence-corrected chi connectivity index (χ3v) is 2.22. The Kier molecular flexibility index (Phi) is 3.61. The predicted octanol–water partition coefficient (Wildman–Crippen LogP) is 3.75. The lowest BCUT2D eigenvalue weighted by Gasteiger charge is -2.11. The third kappa shape index (κ3) is 2.88. The molecule has 0 saturated heterocycles. The van der Waals surface area contributed by atoms with E-state index in [2.05, 4.69) is 0 Å². The first-order valence-corrected chi connectivity index (χ1v) is 4.85. The van der Waals surface area contributed by atoms with Gasteiger partial charge in [-0.1, -0.05) is 25.5 Å². The van der Waals surface area contributed by atoms with Crippen LogP contribution in [0.2, 0.25) is 0 Å². The molecular weight excluding hydrogens is 205 g/mol. The quantitative estimate of drug-likeness (QED) is 0.819. The highest BCUT2D eigenvalue weighted by Gasteiger charge is 2.34. The molecule has 0 heterocycles. The maximum Gasteiger partial charge on any atom is 0.419 e. The Morgan fingerprint density at radius 1 is 1.27 bits per heavy atom. The molecule has 0 amide bonds. The topological polar surface area (TPSA) is 20.2 Å². The first kappa shape index (κ1) is 11.9. The van der Waals surface area contributed by atoms with Gasteiger partial charge in [-0.05, 0) is 24.5 Å². The van der Waals surface area contributed by atoms with Crippen LogP contribution in [0, 0.1) is 0 Å². The Morgan fingerprint density at radius 2 is 1.93 bits per heavy atom. The van der Waals surface area contributed by atoms with Crippen LogP contribution in [0.15, 0.2) is 18.2 Å². The van der Waals surface area contributed by atoms with Gasteiger partial charge in [0.25, 0.3) is 0 Å². The van der Waals surface area contributed by atoms with Crippen molar-refractivity contribution in [3.8, 4) is 5.75 Å². The molecule has 84 valence electrons. The Bertz CT molecular complexity index is 331. The van der Waals surface area contributed by atoms with Crippen molar-refractivity contribution in [2.45, 2.75) is 32.4 Å². The standard InChI is InChI=1S/C11H13F3O/c1-2-3-5-8-6-4-7-9(10(8)15)11(12,13)14/h4,6-7,15H,2-3,5H2,1H3. The fourth-order valence-corrected chi connectivity index (χ4v) is 1.39. The number of rotatable bonds is 3. The summed E-state index contributed by atoms with van der Waals surface area (Å²) < 4.78 is 37.2. The summed E-state index contributed by atoms with van der Waals surface area (Å²) in [4.78, 5) is 0. The van der Waals surface area contributed by atoms with Gasteiger partial charge in [0.05, 0.1) is 5.56 Å². The van der Waals surface area contributed by atoms with Crippen molar-refractivity contribution in [3.63, 3.8) is 0 Å². The summed E-state index contributed by atoms with van der Waals surface area (Å²) in [5, 5.41) is 9.43. The van der Waals surface area contributed by atoms with Gasteiger partial charge in [0.1, 0.15) is 5.75 Å². The molecule has 15 heavy (non-hydrogen) atoms. The summed E-state index contributed by atoms with van der Waals surface area (Å²) >= 11 is 0. The lowest BCUT2D eigenvalue weighted by Crippen LogP contribution is -2.06. The second-order valence-electron chi connectivity index (χ2n) is 3.41. The van der Waals surface area contributed by atoms with Crippen LogP contribution in [0.25, 0.3) is 0 Å². The Hall–Kier alpha value is -1.19. The number of phenols is 1. The minimum absolute atomic E-state index is 0.367. The fraction of sp³-hybridized carbons (Fsp3) is 0.455. The summed E-state index contributed by atoms with van der Waals surface area (Å²) in [6, 6.07) is 3.75. The number of halogens is 3. The highest BCUT2D eigenvalue weighted by Crippen LogP contribution is 2.37. The fourth-order valence-electron chi connectivity index (χ4n) is 1.39. The minimum atomic E-state index is -4.48. The molecule has 0 fully saturated rings. The van der Waals surface area contributed by atoms with E-state index in [-0.39, 0.29) is 0 Å². The van der Waals surface area contributed by atoms with Crippen molar-refractivity contribution >= 4 is 0 Å². The minimum Gasteiger partial charge on any atom is -0.507 e. The summed E-state index contributed by atoms with van der Waals surface area (Å²) in [6.07, 6.45) is -2.34. The van der Waals surface area contributed by atoms with Crippen LogP contribution in [0.1, 0.15) is 30.9 Å². The molecule has 0 spiro atoms. The number of hydrogen-bond acceptors (Lipinski definition) is 1. The highest BCUT2D eigenvalue weighted by molar-refractivity contribution is 5.42. The van der Waals surface area contributed by atoms with Crippen LogP contribution in [0.3, 0.4) is 0 Å². The van der Waals surface area contributed by atoms with Crippen molar-refractivity contribution < 1.29 is 18.3 Å². The number of alkyl halides is 3. The summed E-state index contributed by atoms with van der Waals surface area (Å²) in [7, 11) is 0. The van der Waals surface area contributed by atoms with Gasteiger partial charge in [0.15, 0.2) is 0 Å². The van der Waals surface area contributed by atoms with E-state index in [4.69, 9.17) is 0 Å². The van der Waals surface area contributed by atoms with E-state index in [0.29, 0.717) is 12.0 Å². The Labute approximate surface area is 86.5 Å². The molecule has 0 bridgehead atoms. The molecule has 0 unspecified atom stereocenters. The molecule has 4 heteroatoms. The molecule has 0 aliphatic heterocycles. The van der Waals surface area contributed by atoms with Gasteiger partial charge in [0, 0.05) is 0 Å². The van der Waals surface area contributed by atoms with Gasteiger partial charge in [-0.2, -0.15) is 13.2 Å². The zero-order valence-corrected chi connectivity index (χ0v) is 8.43. The third-order valence-electron chi connectivity index (χ3n) is 2.22. The smallest absolute Gasteiger partial charge is 0.419 e. The monoisotopic (exact) mass is 218 g/mol. The molecule has 0 aromatic heterocycles. The number of unbranched alkanes of at least 4 members (excludes halogenated alkanes) is 1. The molecule has 1 aromatic carbocycles. The SMILES string of the molecule is CCCCc1cccc(C(F)(F)F)c1O. The lowest BCUT2D eigenvalue weighted by atomic mass is 10.0. The second-order valence-corrected chi connectivity index (χ2v) is 3.41. The van der Waals surface area contributed by atoms with Crippen molar-refractivity contribution in [2.75, 3.05) is 0 Å². The van der Waals surface area contributed by atoms with Gasteiger partial charge in [-0.15, -0.1) is 0 Å². The van der Waals surface area contributed by atoms with Crippen molar-refractivity contribution in [1.29, 1.82) is 0 Å². The van der Waals surface area contributed by atoms with Crippen LogP contribution in [0.5, 0.6) is 5.75 Å². The maximum atomic E-state index is 12.4. The van der Waals surface area contributed by atoms with Gasteiger partial charge >= 0.3 is 6.18 Å². The first-order valence-electron chi connectivity index (χ1n) is 4.85. The molecule has 1 nitrogen and oxygen atoms in total. The van der Waals surface area contributed by atoms with E-state index in [1.807, 2.05) is 6.92 Å². The summed E-state index contributed by atoms with van der Waals surface area (Å²) in [6.45, 7) is 1.95. The lowest BCUT2D eigenvalue weighted by molar-refractivity contribution is -0.138. The van der Waals surface area contributed by atoms with E-state index in [0.717, 1.165) is 18.9 Å². The molecule has 0 aliphatic carbocycles.